The van der Waals surface area contributed by atoms with Gasteiger partial charge in [0.1, 0.15) is 0 Å². The highest BCUT2D eigenvalue weighted by molar-refractivity contribution is 5.78. The van der Waals surface area contributed by atoms with Crippen molar-refractivity contribution in [2.75, 3.05) is 20.8 Å². The Morgan fingerprint density at radius 1 is 1.12 bits per heavy atom. The van der Waals surface area contributed by atoms with Crippen molar-refractivity contribution in [3.63, 3.8) is 0 Å². The maximum Gasteiger partial charge on any atom is 0.224 e. The molecular weight excluding hydrogens is 330 g/mol. The maximum absolute atomic E-state index is 12.1. The van der Waals surface area contributed by atoms with E-state index in [0.717, 1.165) is 29.6 Å². The fraction of sp³-hybridized carbons (Fsp3) is 0.300. The number of rotatable bonds is 8. The average molecular weight is 353 g/mol. The molecule has 0 unspecified atom stereocenters. The van der Waals surface area contributed by atoms with Crippen LogP contribution in [-0.2, 0) is 17.8 Å². The summed E-state index contributed by atoms with van der Waals surface area (Å²) < 4.78 is 12.6. The SMILES string of the molecule is COc1ccc(CC(=O)NCCCn2cnc3ccccc32)cc1OC. The van der Waals surface area contributed by atoms with Crippen LogP contribution >= 0.6 is 0 Å². The number of hydrogen-bond acceptors (Lipinski definition) is 4. The lowest BCUT2D eigenvalue weighted by molar-refractivity contribution is -0.120. The molecule has 1 amide bonds. The predicted molar refractivity (Wildman–Crippen MR) is 101 cm³/mol. The van der Waals surface area contributed by atoms with E-state index in [2.05, 4.69) is 20.9 Å². The minimum atomic E-state index is -0.00675. The van der Waals surface area contributed by atoms with E-state index in [1.165, 1.54) is 0 Å². The van der Waals surface area contributed by atoms with Crippen molar-refractivity contribution in [3.8, 4) is 11.5 Å². The van der Waals surface area contributed by atoms with Crippen molar-refractivity contribution < 1.29 is 14.3 Å². The lowest BCUT2D eigenvalue weighted by atomic mass is 10.1. The standard InChI is InChI=1S/C20H23N3O3/c1-25-18-9-8-15(12-19(18)26-2)13-20(24)21-10-5-11-23-14-22-16-6-3-4-7-17(16)23/h3-4,6-9,12,14H,5,10-11,13H2,1-2H3,(H,21,24). The van der Waals surface area contributed by atoms with Crippen molar-refractivity contribution in [1.82, 2.24) is 14.9 Å². The highest BCUT2D eigenvalue weighted by Gasteiger charge is 2.08. The first-order valence-corrected chi connectivity index (χ1v) is 8.58. The van der Waals surface area contributed by atoms with E-state index in [4.69, 9.17) is 9.47 Å². The Bertz CT molecular complexity index is 889. The number of imidazole rings is 1. The lowest BCUT2D eigenvalue weighted by Crippen LogP contribution is -2.26. The van der Waals surface area contributed by atoms with Crippen LogP contribution in [0, 0.1) is 0 Å². The molecule has 26 heavy (non-hydrogen) atoms. The largest absolute Gasteiger partial charge is 0.493 e. The van der Waals surface area contributed by atoms with Crippen molar-refractivity contribution in [2.45, 2.75) is 19.4 Å². The Labute approximate surface area is 152 Å². The van der Waals surface area contributed by atoms with E-state index in [0.29, 0.717) is 24.5 Å². The van der Waals surface area contributed by atoms with Crippen LogP contribution in [0.15, 0.2) is 48.8 Å². The second-order valence-corrected chi connectivity index (χ2v) is 6.00. The number of nitrogens with zero attached hydrogens (tertiary/aromatic N) is 2. The van der Waals surface area contributed by atoms with Crippen LogP contribution in [0.25, 0.3) is 11.0 Å². The van der Waals surface area contributed by atoms with E-state index < -0.39 is 0 Å². The molecule has 3 rings (SSSR count). The van der Waals surface area contributed by atoms with Crippen molar-refractivity contribution in [2.24, 2.45) is 0 Å². The average Bonchev–Trinajstić information content (AvgIpc) is 3.08. The molecule has 6 nitrogen and oxygen atoms in total. The van der Waals surface area contributed by atoms with Gasteiger partial charge in [0, 0.05) is 13.1 Å². The topological polar surface area (TPSA) is 65.4 Å². The van der Waals surface area contributed by atoms with Gasteiger partial charge in [-0.05, 0) is 36.2 Å². The van der Waals surface area contributed by atoms with E-state index in [1.807, 2.05) is 42.7 Å². The van der Waals surface area contributed by atoms with Crippen LogP contribution in [0.5, 0.6) is 11.5 Å². The van der Waals surface area contributed by atoms with Crippen LogP contribution in [0.2, 0.25) is 0 Å². The second kappa shape index (κ2) is 8.38. The van der Waals surface area contributed by atoms with Crippen molar-refractivity contribution >= 4 is 16.9 Å². The monoisotopic (exact) mass is 353 g/mol. The van der Waals surface area contributed by atoms with Crippen LogP contribution < -0.4 is 14.8 Å². The number of para-hydroxylation sites is 2. The molecule has 3 aromatic rings. The quantitative estimate of drug-likeness (QED) is 0.633. The summed E-state index contributed by atoms with van der Waals surface area (Å²) >= 11 is 0. The summed E-state index contributed by atoms with van der Waals surface area (Å²) in [7, 11) is 3.18. The van der Waals surface area contributed by atoms with Crippen LogP contribution in [0.4, 0.5) is 0 Å². The molecule has 2 aromatic carbocycles. The molecule has 0 aliphatic rings. The third-order valence-corrected chi connectivity index (χ3v) is 4.24. The summed E-state index contributed by atoms with van der Waals surface area (Å²) in [4.78, 5) is 16.5. The molecule has 0 radical (unpaired) electrons. The number of hydrogen-bond donors (Lipinski definition) is 1. The molecule has 0 bridgehead atoms. The van der Waals surface area contributed by atoms with Gasteiger partial charge in [0.05, 0.1) is 38.0 Å². The van der Waals surface area contributed by atoms with Crippen molar-refractivity contribution in [3.05, 3.63) is 54.4 Å². The molecule has 0 aliphatic heterocycles. The number of ether oxygens (including phenoxy) is 2. The highest BCUT2D eigenvalue weighted by Crippen LogP contribution is 2.27. The van der Waals surface area contributed by atoms with E-state index >= 15 is 0 Å². The molecule has 1 N–H and O–H groups in total. The van der Waals surface area contributed by atoms with Crippen molar-refractivity contribution in [1.29, 1.82) is 0 Å². The molecule has 0 fully saturated rings. The maximum atomic E-state index is 12.1. The van der Waals surface area contributed by atoms with Gasteiger partial charge in [0.2, 0.25) is 5.91 Å². The van der Waals surface area contributed by atoms with Gasteiger partial charge in [-0.1, -0.05) is 18.2 Å². The molecule has 6 heteroatoms. The summed E-state index contributed by atoms with van der Waals surface area (Å²) in [6.45, 7) is 1.44. The Balaban J connectivity index is 1.47. The van der Waals surface area contributed by atoms with Gasteiger partial charge in [-0.3, -0.25) is 4.79 Å². The summed E-state index contributed by atoms with van der Waals surface area (Å²) in [6, 6.07) is 13.5. The van der Waals surface area contributed by atoms with Gasteiger partial charge in [-0.15, -0.1) is 0 Å². The Hall–Kier alpha value is -3.02. The number of amides is 1. The van der Waals surface area contributed by atoms with Gasteiger partial charge in [-0.25, -0.2) is 4.98 Å². The first-order chi connectivity index (χ1) is 12.7. The summed E-state index contributed by atoms with van der Waals surface area (Å²) in [5, 5.41) is 2.96. The first-order valence-electron chi connectivity index (χ1n) is 8.58. The third-order valence-electron chi connectivity index (χ3n) is 4.24. The minimum absolute atomic E-state index is 0.00675. The van der Waals surface area contributed by atoms with Crippen LogP contribution in [-0.4, -0.2) is 36.2 Å². The summed E-state index contributed by atoms with van der Waals surface area (Å²) in [5.41, 5.74) is 3.00. The molecule has 0 saturated heterocycles. The zero-order chi connectivity index (χ0) is 18.4. The highest BCUT2D eigenvalue weighted by atomic mass is 16.5. The smallest absolute Gasteiger partial charge is 0.224 e. The third kappa shape index (κ3) is 4.14. The number of nitrogens with one attached hydrogen (secondary N) is 1. The zero-order valence-electron chi connectivity index (χ0n) is 15.1. The van der Waals surface area contributed by atoms with Gasteiger partial charge in [0.25, 0.3) is 0 Å². The number of aryl methyl sites for hydroxylation is 1. The van der Waals surface area contributed by atoms with Gasteiger partial charge in [0.15, 0.2) is 11.5 Å². The van der Waals surface area contributed by atoms with Gasteiger partial charge >= 0.3 is 0 Å². The fourth-order valence-corrected chi connectivity index (χ4v) is 2.90. The van der Waals surface area contributed by atoms with E-state index in [1.54, 1.807) is 14.2 Å². The Morgan fingerprint density at radius 3 is 2.73 bits per heavy atom. The normalized spacial score (nSPS) is 10.7. The van der Waals surface area contributed by atoms with Gasteiger partial charge in [-0.2, -0.15) is 0 Å². The van der Waals surface area contributed by atoms with E-state index in [9.17, 15) is 4.79 Å². The number of methoxy groups -OCH3 is 2. The molecule has 1 heterocycles. The number of benzene rings is 2. The predicted octanol–water partition coefficient (Wildman–Crippen LogP) is 2.80. The first kappa shape index (κ1) is 17.8. The number of carbonyl (C=O) groups is 1. The molecular formula is C20H23N3O3. The minimum Gasteiger partial charge on any atom is -0.493 e. The zero-order valence-corrected chi connectivity index (χ0v) is 15.1. The number of fused-ring (bicyclic) bond motifs is 1. The number of aromatic nitrogens is 2. The lowest BCUT2D eigenvalue weighted by Gasteiger charge is -2.10. The van der Waals surface area contributed by atoms with Gasteiger partial charge < -0.3 is 19.4 Å². The fourth-order valence-electron chi connectivity index (χ4n) is 2.90. The van der Waals surface area contributed by atoms with E-state index in [-0.39, 0.29) is 5.91 Å². The molecule has 136 valence electrons. The Morgan fingerprint density at radius 2 is 1.92 bits per heavy atom. The molecule has 0 aliphatic carbocycles. The molecule has 0 atom stereocenters. The summed E-state index contributed by atoms with van der Waals surface area (Å²) in [5.74, 6) is 1.28. The molecule has 0 spiro atoms. The van der Waals surface area contributed by atoms with Crippen LogP contribution in [0.3, 0.4) is 0 Å². The molecule has 0 saturated carbocycles. The van der Waals surface area contributed by atoms with Crippen LogP contribution in [0.1, 0.15) is 12.0 Å². The second-order valence-electron chi connectivity index (χ2n) is 6.00. The summed E-state index contributed by atoms with van der Waals surface area (Å²) in [6.07, 6.45) is 3.00. The number of carbonyl (C=O) groups excluding carboxylic acids is 1. The molecule has 1 aromatic heterocycles. The Kier molecular flexibility index (Phi) is 5.73.